The number of aliphatic hydroxyl groups is 2. The summed E-state index contributed by atoms with van der Waals surface area (Å²) in [5, 5.41) is 23.9. The molecule has 0 aromatic rings. The van der Waals surface area contributed by atoms with Crippen LogP contribution < -0.4 is 5.32 Å². The first-order valence-corrected chi connectivity index (χ1v) is 30.1. The number of nitrogens with one attached hydrogen (secondary N) is 1. The van der Waals surface area contributed by atoms with Crippen molar-refractivity contribution >= 4 is 11.9 Å². The van der Waals surface area contributed by atoms with Gasteiger partial charge in [-0.2, -0.15) is 0 Å². The van der Waals surface area contributed by atoms with Gasteiger partial charge in [-0.3, -0.25) is 9.59 Å². The van der Waals surface area contributed by atoms with E-state index in [0.29, 0.717) is 19.3 Å². The van der Waals surface area contributed by atoms with E-state index in [1.807, 2.05) is 0 Å². The van der Waals surface area contributed by atoms with Gasteiger partial charge in [0.25, 0.3) is 0 Å². The Morgan fingerprint density at radius 3 is 1.16 bits per heavy atom. The number of hydrogen-bond acceptors (Lipinski definition) is 5. The lowest BCUT2D eigenvalue weighted by Crippen LogP contribution is -2.46. The van der Waals surface area contributed by atoms with Gasteiger partial charge in [-0.05, 0) is 57.8 Å². The van der Waals surface area contributed by atoms with Crippen molar-refractivity contribution in [2.75, 3.05) is 6.61 Å². The predicted octanol–water partition coefficient (Wildman–Crippen LogP) is 18.6. The Hall–Kier alpha value is -1.66. The molecule has 3 unspecified atom stereocenters. The normalized spacial score (nSPS) is 13.2. The fraction of sp³-hybridized carbons (Fsp3) is 0.902. The molecule has 0 aliphatic rings. The van der Waals surface area contributed by atoms with Crippen LogP contribution in [-0.4, -0.2) is 46.9 Å². The maximum atomic E-state index is 13.3. The fourth-order valence-corrected chi connectivity index (χ4v) is 9.46. The predicted molar refractivity (Wildman–Crippen MR) is 292 cm³/mol. The molecule has 3 atom stereocenters. The molecule has 0 radical (unpaired) electrons. The summed E-state index contributed by atoms with van der Waals surface area (Å²) in [6.07, 6.45) is 65.3. The van der Waals surface area contributed by atoms with Crippen LogP contribution in [0.5, 0.6) is 0 Å². The number of hydrogen-bond donors (Lipinski definition) is 3. The van der Waals surface area contributed by atoms with Crippen molar-refractivity contribution in [3.63, 3.8) is 0 Å². The van der Waals surface area contributed by atoms with Crippen LogP contribution in [0.1, 0.15) is 329 Å². The third-order valence-electron chi connectivity index (χ3n) is 14.0. The summed E-state index contributed by atoms with van der Waals surface area (Å²) in [6.45, 7) is 6.51. The maximum absolute atomic E-state index is 13.3. The molecule has 0 bridgehead atoms. The lowest BCUT2D eigenvalue weighted by atomic mass is 10.0. The molecule has 0 aliphatic carbocycles. The largest absolute Gasteiger partial charge is 0.462 e. The Morgan fingerprint density at radius 2 is 0.761 bits per heavy atom. The van der Waals surface area contributed by atoms with Crippen molar-refractivity contribution in [1.82, 2.24) is 5.32 Å². The molecule has 396 valence electrons. The van der Waals surface area contributed by atoms with Gasteiger partial charge < -0.3 is 20.3 Å². The highest BCUT2D eigenvalue weighted by Gasteiger charge is 2.24. The van der Waals surface area contributed by atoms with Crippen molar-refractivity contribution in [1.29, 1.82) is 0 Å². The van der Waals surface area contributed by atoms with Gasteiger partial charge >= 0.3 is 5.97 Å². The summed E-state index contributed by atoms with van der Waals surface area (Å²) in [4.78, 5) is 26.3. The SMILES string of the molecule is CCCCC/C=C\C/C=C\CCCCCCCCCC(=O)OC(CCCCCCCCCCCCCCCCCC)CC(=O)NC(CO)C(O)CCCCCCCCCCCCCCCCC. The van der Waals surface area contributed by atoms with Crippen LogP contribution in [0.25, 0.3) is 0 Å². The molecular formula is C61H117NO5. The second kappa shape index (κ2) is 55.3. The number of allylic oxidation sites excluding steroid dienone is 4. The third kappa shape index (κ3) is 50.5. The van der Waals surface area contributed by atoms with Crippen LogP contribution in [0.2, 0.25) is 0 Å². The van der Waals surface area contributed by atoms with Crippen LogP contribution in [0.3, 0.4) is 0 Å². The molecule has 0 spiro atoms. The van der Waals surface area contributed by atoms with E-state index in [-0.39, 0.29) is 24.9 Å². The molecule has 3 N–H and O–H groups in total. The van der Waals surface area contributed by atoms with Crippen molar-refractivity contribution < 1.29 is 24.5 Å². The zero-order valence-electron chi connectivity index (χ0n) is 45.3. The van der Waals surface area contributed by atoms with E-state index in [1.54, 1.807) is 0 Å². The zero-order valence-corrected chi connectivity index (χ0v) is 45.3. The van der Waals surface area contributed by atoms with Gasteiger partial charge in [0.15, 0.2) is 0 Å². The Bertz CT molecular complexity index is 1060. The Kier molecular flexibility index (Phi) is 53.9. The summed E-state index contributed by atoms with van der Waals surface area (Å²) in [7, 11) is 0. The van der Waals surface area contributed by atoms with E-state index in [0.717, 1.165) is 57.8 Å². The number of carbonyl (C=O) groups excluding carboxylic acids is 2. The van der Waals surface area contributed by atoms with Gasteiger partial charge in [0, 0.05) is 6.42 Å². The number of aliphatic hydroxyl groups excluding tert-OH is 2. The van der Waals surface area contributed by atoms with Crippen LogP contribution in [0.15, 0.2) is 24.3 Å². The van der Waals surface area contributed by atoms with Crippen molar-refractivity contribution in [3.8, 4) is 0 Å². The highest BCUT2D eigenvalue weighted by Crippen LogP contribution is 2.19. The first-order valence-electron chi connectivity index (χ1n) is 30.1. The minimum atomic E-state index is -0.786. The average molecular weight is 945 g/mol. The van der Waals surface area contributed by atoms with E-state index in [2.05, 4.69) is 50.4 Å². The minimum absolute atomic E-state index is 0.0809. The molecule has 0 aliphatic heterocycles. The van der Waals surface area contributed by atoms with Gasteiger partial charge in [-0.1, -0.05) is 283 Å². The van der Waals surface area contributed by atoms with E-state index in [1.165, 1.54) is 225 Å². The first-order chi connectivity index (χ1) is 33.0. The highest BCUT2D eigenvalue weighted by atomic mass is 16.5. The molecule has 0 fully saturated rings. The van der Waals surface area contributed by atoms with Crippen molar-refractivity contribution in [3.05, 3.63) is 24.3 Å². The number of unbranched alkanes of at least 4 members (excludes halogenated alkanes) is 39. The van der Waals surface area contributed by atoms with Gasteiger partial charge in [0.2, 0.25) is 5.91 Å². The lowest BCUT2D eigenvalue weighted by Gasteiger charge is -2.24. The number of esters is 1. The number of amides is 1. The molecule has 0 saturated carbocycles. The molecule has 0 aromatic heterocycles. The molecule has 0 rings (SSSR count). The minimum Gasteiger partial charge on any atom is -0.462 e. The second-order valence-electron chi connectivity index (χ2n) is 20.8. The number of ether oxygens (including phenoxy) is 1. The maximum Gasteiger partial charge on any atom is 0.306 e. The Balaban J connectivity index is 4.52. The molecule has 6 heteroatoms. The van der Waals surface area contributed by atoms with Gasteiger partial charge in [-0.15, -0.1) is 0 Å². The van der Waals surface area contributed by atoms with Crippen LogP contribution in [0, 0.1) is 0 Å². The smallest absolute Gasteiger partial charge is 0.306 e. The standard InChI is InChI=1S/C61H117NO5/c1-4-7-10-13-16-19-22-25-28-30-33-36-39-42-45-48-51-54-61(66)67-57(52-49-46-43-40-37-34-32-29-26-23-20-17-14-11-8-5-2)55-60(65)62-58(56-63)59(64)53-50-47-44-41-38-35-31-27-24-21-18-15-12-9-6-3/h16,19,25,28,57-59,63-64H,4-15,17-18,20-24,26-27,29-56H2,1-3H3,(H,62,65)/b19-16-,28-25-. The number of carbonyl (C=O) groups is 2. The molecule has 1 amide bonds. The Morgan fingerprint density at radius 1 is 0.433 bits per heavy atom. The van der Waals surface area contributed by atoms with E-state index in [4.69, 9.17) is 4.74 Å². The summed E-state index contributed by atoms with van der Waals surface area (Å²) in [5.74, 6) is -0.460. The topological polar surface area (TPSA) is 95.9 Å². The van der Waals surface area contributed by atoms with Crippen LogP contribution in [-0.2, 0) is 14.3 Å². The monoisotopic (exact) mass is 944 g/mol. The van der Waals surface area contributed by atoms with E-state index >= 15 is 0 Å². The van der Waals surface area contributed by atoms with Gasteiger partial charge in [0.1, 0.15) is 6.10 Å². The molecular weight excluding hydrogens is 827 g/mol. The van der Waals surface area contributed by atoms with Gasteiger partial charge in [0.05, 0.1) is 25.2 Å². The second-order valence-corrected chi connectivity index (χ2v) is 20.8. The third-order valence-corrected chi connectivity index (χ3v) is 14.0. The highest BCUT2D eigenvalue weighted by molar-refractivity contribution is 5.77. The molecule has 0 aromatic carbocycles. The van der Waals surface area contributed by atoms with Gasteiger partial charge in [-0.25, -0.2) is 0 Å². The average Bonchev–Trinajstić information content (AvgIpc) is 3.32. The summed E-state index contributed by atoms with van der Waals surface area (Å²) < 4.78 is 5.97. The molecule has 67 heavy (non-hydrogen) atoms. The van der Waals surface area contributed by atoms with Crippen molar-refractivity contribution in [2.24, 2.45) is 0 Å². The first kappa shape index (κ1) is 65.3. The number of rotatable bonds is 55. The zero-order chi connectivity index (χ0) is 48.8. The van der Waals surface area contributed by atoms with Crippen LogP contribution >= 0.6 is 0 Å². The fourth-order valence-electron chi connectivity index (χ4n) is 9.46. The quantitative estimate of drug-likeness (QED) is 0.0321. The summed E-state index contributed by atoms with van der Waals surface area (Å²) in [5.41, 5.74) is 0. The molecule has 0 heterocycles. The Labute approximate surface area is 418 Å². The van der Waals surface area contributed by atoms with Crippen molar-refractivity contribution in [2.45, 2.75) is 347 Å². The van der Waals surface area contributed by atoms with E-state index in [9.17, 15) is 19.8 Å². The summed E-state index contributed by atoms with van der Waals surface area (Å²) >= 11 is 0. The van der Waals surface area contributed by atoms with E-state index < -0.39 is 18.2 Å². The van der Waals surface area contributed by atoms with Crippen LogP contribution in [0.4, 0.5) is 0 Å². The molecule has 0 saturated heterocycles. The lowest BCUT2D eigenvalue weighted by molar-refractivity contribution is -0.151. The summed E-state index contributed by atoms with van der Waals surface area (Å²) in [6, 6.07) is -0.699. The molecule has 6 nitrogen and oxygen atoms in total.